The average molecular weight is 225 g/mol. The molecule has 1 aromatic carbocycles. The SMILES string of the molecule is NC(CO)COC(=O)OCc1ccccc1. The quantitative estimate of drug-likeness (QED) is 0.719. The Morgan fingerprint density at radius 2 is 2.00 bits per heavy atom. The van der Waals surface area contributed by atoms with Crippen molar-refractivity contribution in [2.24, 2.45) is 5.73 Å². The van der Waals surface area contributed by atoms with Gasteiger partial charge in [0.25, 0.3) is 0 Å². The van der Waals surface area contributed by atoms with Crippen LogP contribution in [0.2, 0.25) is 0 Å². The van der Waals surface area contributed by atoms with Gasteiger partial charge in [-0.05, 0) is 5.56 Å². The van der Waals surface area contributed by atoms with Gasteiger partial charge < -0.3 is 20.3 Å². The van der Waals surface area contributed by atoms with Crippen LogP contribution in [0.1, 0.15) is 5.56 Å². The summed E-state index contributed by atoms with van der Waals surface area (Å²) in [6.45, 7) is -0.121. The summed E-state index contributed by atoms with van der Waals surface area (Å²) in [6, 6.07) is 8.70. The minimum atomic E-state index is -0.784. The second-order valence-electron chi connectivity index (χ2n) is 3.28. The summed E-state index contributed by atoms with van der Waals surface area (Å²) in [4.78, 5) is 11.1. The van der Waals surface area contributed by atoms with E-state index in [1.165, 1.54) is 0 Å². The molecule has 5 heteroatoms. The van der Waals surface area contributed by atoms with Crippen LogP contribution >= 0.6 is 0 Å². The third-order valence-electron chi connectivity index (χ3n) is 1.85. The van der Waals surface area contributed by atoms with E-state index < -0.39 is 12.2 Å². The molecule has 0 aromatic heterocycles. The second-order valence-corrected chi connectivity index (χ2v) is 3.28. The first-order chi connectivity index (χ1) is 7.72. The molecule has 88 valence electrons. The molecule has 1 rings (SSSR count). The Kier molecular flexibility index (Phi) is 5.31. The van der Waals surface area contributed by atoms with Gasteiger partial charge in [-0.1, -0.05) is 30.3 Å². The van der Waals surface area contributed by atoms with Crippen LogP contribution < -0.4 is 5.73 Å². The van der Waals surface area contributed by atoms with Gasteiger partial charge in [-0.15, -0.1) is 0 Å². The number of hydrogen-bond donors (Lipinski definition) is 2. The fraction of sp³-hybridized carbons (Fsp3) is 0.364. The highest BCUT2D eigenvalue weighted by atomic mass is 16.7. The minimum Gasteiger partial charge on any atom is -0.433 e. The van der Waals surface area contributed by atoms with Gasteiger partial charge in [0.05, 0.1) is 12.6 Å². The first-order valence-corrected chi connectivity index (χ1v) is 4.92. The number of carbonyl (C=O) groups excluding carboxylic acids is 1. The molecule has 1 unspecified atom stereocenters. The van der Waals surface area contributed by atoms with Crippen LogP contribution in [-0.2, 0) is 16.1 Å². The van der Waals surface area contributed by atoms with Crippen molar-refractivity contribution in [1.29, 1.82) is 0 Å². The van der Waals surface area contributed by atoms with Gasteiger partial charge in [0.1, 0.15) is 13.2 Å². The fourth-order valence-electron chi connectivity index (χ4n) is 0.986. The molecule has 1 aromatic rings. The Morgan fingerprint density at radius 3 is 2.62 bits per heavy atom. The van der Waals surface area contributed by atoms with Crippen LogP contribution in [0.5, 0.6) is 0 Å². The van der Waals surface area contributed by atoms with Crippen molar-refractivity contribution >= 4 is 6.16 Å². The van der Waals surface area contributed by atoms with E-state index in [9.17, 15) is 4.79 Å². The maximum absolute atomic E-state index is 11.1. The second kappa shape index (κ2) is 6.81. The van der Waals surface area contributed by atoms with Gasteiger partial charge in [0.2, 0.25) is 0 Å². The van der Waals surface area contributed by atoms with Crippen molar-refractivity contribution < 1.29 is 19.4 Å². The van der Waals surface area contributed by atoms with E-state index in [4.69, 9.17) is 15.6 Å². The smallest absolute Gasteiger partial charge is 0.433 e. The van der Waals surface area contributed by atoms with Gasteiger partial charge in [-0.25, -0.2) is 4.79 Å². The summed E-state index contributed by atoms with van der Waals surface area (Å²) in [7, 11) is 0. The number of hydrogen-bond acceptors (Lipinski definition) is 5. The minimum absolute atomic E-state index is 0.0515. The predicted molar refractivity (Wildman–Crippen MR) is 57.6 cm³/mol. The Balaban J connectivity index is 2.20. The third-order valence-corrected chi connectivity index (χ3v) is 1.85. The highest BCUT2D eigenvalue weighted by Gasteiger charge is 2.07. The molecule has 0 aliphatic rings. The van der Waals surface area contributed by atoms with E-state index >= 15 is 0 Å². The standard InChI is InChI=1S/C11H15NO4/c12-10(6-13)8-16-11(14)15-7-9-4-2-1-3-5-9/h1-5,10,13H,6-8,12H2. The highest BCUT2D eigenvalue weighted by molar-refractivity contribution is 5.59. The topological polar surface area (TPSA) is 81.8 Å². The lowest BCUT2D eigenvalue weighted by Gasteiger charge is -2.09. The Bertz CT molecular complexity index is 315. The van der Waals surface area contributed by atoms with Gasteiger partial charge in [-0.2, -0.15) is 0 Å². The molecule has 0 heterocycles. The zero-order valence-corrected chi connectivity index (χ0v) is 8.83. The molecule has 0 amide bonds. The van der Waals surface area contributed by atoms with Crippen LogP contribution in [0.4, 0.5) is 4.79 Å². The summed E-state index contributed by atoms with van der Waals surface area (Å²) < 4.78 is 9.49. The van der Waals surface area contributed by atoms with E-state index in [1.807, 2.05) is 30.3 Å². The lowest BCUT2D eigenvalue weighted by Crippen LogP contribution is -2.31. The molecule has 3 N–H and O–H groups in total. The molecule has 0 spiro atoms. The number of carbonyl (C=O) groups is 1. The van der Waals surface area contributed by atoms with Gasteiger partial charge >= 0.3 is 6.16 Å². The monoisotopic (exact) mass is 225 g/mol. The molecule has 0 radical (unpaired) electrons. The number of aliphatic hydroxyl groups excluding tert-OH is 1. The number of aliphatic hydroxyl groups is 1. The number of nitrogens with two attached hydrogens (primary N) is 1. The molecule has 0 saturated carbocycles. The van der Waals surface area contributed by atoms with Gasteiger partial charge in [0, 0.05) is 0 Å². The van der Waals surface area contributed by atoms with E-state index in [-0.39, 0.29) is 19.8 Å². The Morgan fingerprint density at radius 1 is 1.31 bits per heavy atom. The Labute approximate surface area is 93.8 Å². The number of rotatable bonds is 5. The molecule has 0 aliphatic carbocycles. The van der Waals surface area contributed by atoms with Crippen LogP contribution in [-0.4, -0.2) is 30.5 Å². The first-order valence-electron chi connectivity index (χ1n) is 4.92. The third kappa shape index (κ3) is 4.77. The summed E-state index contributed by atoms with van der Waals surface area (Å²) in [6.07, 6.45) is -0.784. The molecular formula is C11H15NO4. The summed E-state index contributed by atoms with van der Waals surface area (Å²) >= 11 is 0. The van der Waals surface area contributed by atoms with Crippen molar-refractivity contribution in [3.05, 3.63) is 35.9 Å². The predicted octanol–water partition coefficient (Wildman–Crippen LogP) is 0.659. The average Bonchev–Trinajstić information content (AvgIpc) is 2.34. The van der Waals surface area contributed by atoms with Crippen LogP contribution in [0.25, 0.3) is 0 Å². The molecule has 1 atom stereocenters. The van der Waals surface area contributed by atoms with Crippen molar-refractivity contribution in [3.63, 3.8) is 0 Å². The zero-order chi connectivity index (χ0) is 11.8. The van der Waals surface area contributed by atoms with Crippen molar-refractivity contribution in [2.45, 2.75) is 12.6 Å². The normalized spacial score (nSPS) is 11.9. The zero-order valence-electron chi connectivity index (χ0n) is 8.83. The molecular weight excluding hydrogens is 210 g/mol. The summed E-state index contributed by atoms with van der Waals surface area (Å²) in [5.41, 5.74) is 6.23. The maximum Gasteiger partial charge on any atom is 0.508 e. The summed E-state index contributed by atoms with van der Waals surface area (Å²) in [5.74, 6) is 0. The van der Waals surface area contributed by atoms with Crippen molar-refractivity contribution in [1.82, 2.24) is 0 Å². The summed E-state index contributed by atoms with van der Waals surface area (Å²) in [5, 5.41) is 8.60. The van der Waals surface area contributed by atoms with Crippen LogP contribution in [0, 0.1) is 0 Å². The number of ether oxygens (including phenoxy) is 2. The van der Waals surface area contributed by atoms with Crippen LogP contribution in [0.3, 0.4) is 0 Å². The largest absolute Gasteiger partial charge is 0.508 e. The molecule has 0 fully saturated rings. The number of benzene rings is 1. The highest BCUT2D eigenvalue weighted by Crippen LogP contribution is 2.01. The van der Waals surface area contributed by atoms with Gasteiger partial charge in [-0.3, -0.25) is 0 Å². The molecule has 0 aliphatic heterocycles. The van der Waals surface area contributed by atoms with Crippen LogP contribution in [0.15, 0.2) is 30.3 Å². The van der Waals surface area contributed by atoms with E-state index in [0.29, 0.717) is 0 Å². The maximum atomic E-state index is 11.1. The fourth-order valence-corrected chi connectivity index (χ4v) is 0.986. The first kappa shape index (κ1) is 12.5. The molecule has 0 bridgehead atoms. The van der Waals surface area contributed by atoms with Crippen molar-refractivity contribution in [2.75, 3.05) is 13.2 Å². The lowest BCUT2D eigenvalue weighted by atomic mass is 10.2. The van der Waals surface area contributed by atoms with Gasteiger partial charge in [0.15, 0.2) is 0 Å². The lowest BCUT2D eigenvalue weighted by molar-refractivity contribution is 0.0418. The van der Waals surface area contributed by atoms with E-state index in [0.717, 1.165) is 5.56 Å². The van der Waals surface area contributed by atoms with E-state index in [1.54, 1.807) is 0 Å². The molecule has 0 saturated heterocycles. The Hall–Kier alpha value is -1.59. The molecule has 5 nitrogen and oxygen atoms in total. The molecule has 16 heavy (non-hydrogen) atoms. The van der Waals surface area contributed by atoms with E-state index in [2.05, 4.69) is 4.74 Å². The van der Waals surface area contributed by atoms with Crippen molar-refractivity contribution in [3.8, 4) is 0 Å².